The largest absolute Gasteiger partial charge is 0.122 e. The molecule has 1 aromatic rings. The van der Waals surface area contributed by atoms with Crippen molar-refractivity contribution in [1.82, 2.24) is 0 Å². The smallest absolute Gasteiger partial charge is 0.0404 e. The summed E-state index contributed by atoms with van der Waals surface area (Å²) in [7, 11) is 0. The van der Waals surface area contributed by atoms with Crippen molar-refractivity contribution in [3.8, 4) is 0 Å². The average Bonchev–Trinajstić information content (AvgIpc) is 2.31. The standard InChI is InChI=1S/C15H21Cl/c1-2-7-12-8-3-4-9-13(12)14-10-5-6-11-15(14)16/h3-4,8-9,14-15H,2,5-7,10-11H2,1H3. The number of benzene rings is 1. The minimum atomic E-state index is 0.353. The van der Waals surface area contributed by atoms with E-state index in [0.717, 1.165) is 0 Å². The SMILES string of the molecule is CCCc1ccccc1C1CCCCC1Cl. The second kappa shape index (κ2) is 5.72. The van der Waals surface area contributed by atoms with Gasteiger partial charge in [-0.15, -0.1) is 11.6 Å². The monoisotopic (exact) mass is 236 g/mol. The average molecular weight is 237 g/mol. The fraction of sp³-hybridized carbons (Fsp3) is 0.600. The van der Waals surface area contributed by atoms with Gasteiger partial charge in [0.25, 0.3) is 0 Å². The van der Waals surface area contributed by atoms with Crippen LogP contribution >= 0.6 is 11.6 Å². The number of rotatable bonds is 3. The van der Waals surface area contributed by atoms with E-state index in [1.807, 2.05) is 0 Å². The van der Waals surface area contributed by atoms with Crippen molar-refractivity contribution in [2.45, 2.75) is 56.7 Å². The Morgan fingerprint density at radius 1 is 1.19 bits per heavy atom. The maximum absolute atomic E-state index is 6.49. The summed E-state index contributed by atoms with van der Waals surface area (Å²) in [4.78, 5) is 0. The Bertz CT molecular complexity index is 332. The van der Waals surface area contributed by atoms with Crippen molar-refractivity contribution >= 4 is 11.6 Å². The predicted octanol–water partition coefficient (Wildman–Crippen LogP) is 4.90. The lowest BCUT2D eigenvalue weighted by molar-refractivity contribution is 0.448. The van der Waals surface area contributed by atoms with Crippen LogP contribution in [0.15, 0.2) is 24.3 Å². The Balaban J connectivity index is 2.23. The van der Waals surface area contributed by atoms with Gasteiger partial charge in [-0.05, 0) is 30.4 Å². The van der Waals surface area contributed by atoms with E-state index in [-0.39, 0.29) is 0 Å². The van der Waals surface area contributed by atoms with Crippen LogP contribution in [0, 0.1) is 0 Å². The van der Waals surface area contributed by atoms with Crippen molar-refractivity contribution < 1.29 is 0 Å². The molecule has 0 amide bonds. The summed E-state index contributed by atoms with van der Waals surface area (Å²) in [5, 5.41) is 0.353. The van der Waals surface area contributed by atoms with Crippen LogP contribution in [0.3, 0.4) is 0 Å². The van der Waals surface area contributed by atoms with Crippen molar-refractivity contribution in [3.63, 3.8) is 0 Å². The van der Waals surface area contributed by atoms with Gasteiger partial charge in [-0.1, -0.05) is 50.5 Å². The van der Waals surface area contributed by atoms with E-state index in [2.05, 4.69) is 31.2 Å². The van der Waals surface area contributed by atoms with Gasteiger partial charge in [-0.2, -0.15) is 0 Å². The maximum atomic E-state index is 6.49. The molecule has 2 unspecified atom stereocenters. The molecule has 2 atom stereocenters. The van der Waals surface area contributed by atoms with Crippen molar-refractivity contribution in [1.29, 1.82) is 0 Å². The summed E-state index contributed by atoms with van der Waals surface area (Å²) in [6.45, 7) is 2.25. The molecule has 0 nitrogen and oxygen atoms in total. The molecule has 0 saturated heterocycles. The summed E-state index contributed by atoms with van der Waals surface area (Å²) in [5.74, 6) is 0.596. The molecule has 1 heteroatoms. The van der Waals surface area contributed by atoms with Gasteiger partial charge in [-0.25, -0.2) is 0 Å². The summed E-state index contributed by atoms with van der Waals surface area (Å²) in [6.07, 6.45) is 7.52. The molecule has 0 aliphatic heterocycles. The normalized spacial score (nSPS) is 25.6. The highest BCUT2D eigenvalue weighted by atomic mass is 35.5. The van der Waals surface area contributed by atoms with E-state index in [1.165, 1.54) is 49.7 Å². The highest BCUT2D eigenvalue weighted by Crippen LogP contribution is 2.38. The van der Waals surface area contributed by atoms with Gasteiger partial charge in [-0.3, -0.25) is 0 Å². The number of hydrogen-bond donors (Lipinski definition) is 0. The van der Waals surface area contributed by atoms with Crippen molar-refractivity contribution in [2.75, 3.05) is 0 Å². The maximum Gasteiger partial charge on any atom is 0.0404 e. The number of hydrogen-bond acceptors (Lipinski definition) is 0. The highest BCUT2D eigenvalue weighted by Gasteiger charge is 2.25. The first kappa shape index (κ1) is 12.0. The first-order chi connectivity index (χ1) is 7.83. The third kappa shape index (κ3) is 2.60. The van der Waals surface area contributed by atoms with Crippen LogP contribution in [0.4, 0.5) is 0 Å². The second-order valence-corrected chi connectivity index (χ2v) is 5.42. The fourth-order valence-corrected chi connectivity index (χ4v) is 3.24. The Hall–Kier alpha value is -0.490. The molecule has 0 heterocycles. The molecule has 1 saturated carbocycles. The molecule has 0 N–H and O–H groups in total. The van der Waals surface area contributed by atoms with E-state index in [1.54, 1.807) is 0 Å². The Kier molecular flexibility index (Phi) is 4.29. The predicted molar refractivity (Wildman–Crippen MR) is 71.3 cm³/mol. The third-order valence-electron chi connectivity index (χ3n) is 3.66. The van der Waals surface area contributed by atoms with Crippen LogP contribution in [0.25, 0.3) is 0 Å². The Morgan fingerprint density at radius 3 is 2.69 bits per heavy atom. The second-order valence-electron chi connectivity index (χ2n) is 4.86. The van der Waals surface area contributed by atoms with E-state index in [0.29, 0.717) is 11.3 Å². The van der Waals surface area contributed by atoms with Crippen LogP contribution in [0.2, 0.25) is 0 Å². The van der Waals surface area contributed by atoms with Gasteiger partial charge in [0.2, 0.25) is 0 Å². The first-order valence-electron chi connectivity index (χ1n) is 6.54. The van der Waals surface area contributed by atoms with E-state index >= 15 is 0 Å². The van der Waals surface area contributed by atoms with Crippen LogP contribution in [-0.4, -0.2) is 5.38 Å². The van der Waals surface area contributed by atoms with Gasteiger partial charge >= 0.3 is 0 Å². The van der Waals surface area contributed by atoms with Gasteiger partial charge in [0.1, 0.15) is 0 Å². The van der Waals surface area contributed by atoms with Gasteiger partial charge in [0.15, 0.2) is 0 Å². The zero-order valence-corrected chi connectivity index (χ0v) is 10.8. The zero-order valence-electron chi connectivity index (χ0n) is 10.1. The minimum absolute atomic E-state index is 0.353. The van der Waals surface area contributed by atoms with Gasteiger partial charge in [0, 0.05) is 11.3 Å². The van der Waals surface area contributed by atoms with Crippen LogP contribution in [0.1, 0.15) is 56.1 Å². The first-order valence-corrected chi connectivity index (χ1v) is 6.98. The quantitative estimate of drug-likeness (QED) is 0.655. The molecule has 1 aliphatic carbocycles. The minimum Gasteiger partial charge on any atom is -0.122 e. The number of halogens is 1. The Morgan fingerprint density at radius 2 is 1.94 bits per heavy atom. The molecule has 1 aliphatic rings. The summed E-state index contributed by atoms with van der Waals surface area (Å²) in [6, 6.07) is 8.88. The van der Waals surface area contributed by atoms with E-state index in [9.17, 15) is 0 Å². The van der Waals surface area contributed by atoms with Gasteiger partial charge < -0.3 is 0 Å². The van der Waals surface area contributed by atoms with Crippen molar-refractivity contribution in [2.24, 2.45) is 0 Å². The number of aryl methyl sites for hydroxylation is 1. The molecule has 2 rings (SSSR count). The van der Waals surface area contributed by atoms with Crippen LogP contribution < -0.4 is 0 Å². The van der Waals surface area contributed by atoms with Gasteiger partial charge in [0.05, 0.1) is 0 Å². The third-order valence-corrected chi connectivity index (χ3v) is 4.18. The zero-order chi connectivity index (χ0) is 11.4. The molecule has 1 aromatic carbocycles. The fourth-order valence-electron chi connectivity index (χ4n) is 2.83. The lowest BCUT2D eigenvalue weighted by Gasteiger charge is -2.29. The molecule has 0 aromatic heterocycles. The molecular formula is C15H21Cl. The summed E-state index contributed by atoms with van der Waals surface area (Å²) in [5.41, 5.74) is 3.03. The lowest BCUT2D eigenvalue weighted by atomic mass is 9.81. The van der Waals surface area contributed by atoms with E-state index < -0.39 is 0 Å². The summed E-state index contributed by atoms with van der Waals surface area (Å²) >= 11 is 6.49. The number of alkyl halides is 1. The highest BCUT2D eigenvalue weighted by molar-refractivity contribution is 6.21. The molecule has 0 spiro atoms. The summed E-state index contributed by atoms with van der Waals surface area (Å²) < 4.78 is 0. The van der Waals surface area contributed by atoms with Crippen LogP contribution in [0.5, 0.6) is 0 Å². The van der Waals surface area contributed by atoms with Crippen LogP contribution in [-0.2, 0) is 6.42 Å². The Labute approximate surface area is 104 Å². The van der Waals surface area contributed by atoms with Crippen molar-refractivity contribution in [3.05, 3.63) is 35.4 Å². The molecule has 0 radical (unpaired) electrons. The lowest BCUT2D eigenvalue weighted by Crippen LogP contribution is -2.19. The van der Waals surface area contributed by atoms with E-state index in [4.69, 9.17) is 11.6 Å². The molecule has 0 bridgehead atoms. The topological polar surface area (TPSA) is 0 Å². The molecule has 88 valence electrons. The molecule has 1 fully saturated rings. The molecular weight excluding hydrogens is 216 g/mol. The molecule has 16 heavy (non-hydrogen) atoms.